The smallest absolute Gasteiger partial charge is 0.127 e. The fourth-order valence-corrected chi connectivity index (χ4v) is 2.48. The third-order valence-corrected chi connectivity index (χ3v) is 3.69. The van der Waals surface area contributed by atoms with Crippen LogP contribution in [0, 0.1) is 19.7 Å². The molecule has 0 bridgehead atoms. The minimum Gasteiger partial charge on any atom is -0.497 e. The molecule has 2 nitrogen and oxygen atoms in total. The van der Waals surface area contributed by atoms with E-state index in [1.54, 1.807) is 13.2 Å². The first-order valence-corrected chi connectivity index (χ1v) is 6.90. The number of benzene rings is 2. The van der Waals surface area contributed by atoms with Gasteiger partial charge < -0.3 is 9.53 Å². The maximum atomic E-state index is 13.9. The Morgan fingerprint density at radius 1 is 1.19 bits per heavy atom. The van der Waals surface area contributed by atoms with Crippen LogP contribution >= 0.6 is 0 Å². The van der Waals surface area contributed by atoms with E-state index in [1.165, 1.54) is 6.07 Å². The molecule has 0 radical (unpaired) electrons. The summed E-state index contributed by atoms with van der Waals surface area (Å²) >= 11 is 0. The van der Waals surface area contributed by atoms with Gasteiger partial charge in [0.15, 0.2) is 0 Å². The summed E-state index contributed by atoms with van der Waals surface area (Å²) in [6, 6.07) is 10.7. The minimum atomic E-state index is -0.354. The lowest BCUT2D eigenvalue weighted by molar-refractivity contribution is -0.109. The van der Waals surface area contributed by atoms with E-state index in [0.717, 1.165) is 28.7 Å². The molecule has 0 aromatic heterocycles. The number of hydrogen-bond acceptors (Lipinski definition) is 2. The Labute approximate surface area is 124 Å². The lowest BCUT2D eigenvalue weighted by atomic mass is 9.90. The first kappa shape index (κ1) is 15.2. The molecule has 1 unspecified atom stereocenters. The predicted octanol–water partition coefficient (Wildman–Crippen LogP) is 3.98. The Morgan fingerprint density at radius 2 is 1.95 bits per heavy atom. The van der Waals surface area contributed by atoms with Crippen LogP contribution in [-0.2, 0) is 11.2 Å². The zero-order valence-corrected chi connectivity index (χ0v) is 12.5. The molecule has 0 heterocycles. The Bertz CT molecular complexity index is 650. The highest BCUT2D eigenvalue weighted by Gasteiger charge is 2.16. The molecular formula is C18H19FO2. The average Bonchev–Trinajstić information content (AvgIpc) is 2.47. The van der Waals surface area contributed by atoms with E-state index in [9.17, 15) is 9.18 Å². The van der Waals surface area contributed by atoms with Gasteiger partial charge in [0, 0.05) is 5.92 Å². The fourth-order valence-electron chi connectivity index (χ4n) is 2.48. The van der Waals surface area contributed by atoms with Crippen LogP contribution < -0.4 is 4.74 Å². The number of rotatable bonds is 5. The molecule has 0 aliphatic carbocycles. The standard InChI is InChI=1S/C18H19FO2/c1-12-4-5-14(18(19)8-12)10-15(11-20)17-7-6-16(21-3)9-13(17)2/h4-9,11,15H,10H2,1-3H3. The monoisotopic (exact) mass is 286 g/mol. The van der Waals surface area contributed by atoms with Crippen LogP contribution in [0.2, 0.25) is 0 Å². The third-order valence-electron chi connectivity index (χ3n) is 3.69. The van der Waals surface area contributed by atoms with E-state index < -0.39 is 0 Å². The lowest BCUT2D eigenvalue weighted by Crippen LogP contribution is -2.08. The first-order valence-electron chi connectivity index (χ1n) is 6.90. The van der Waals surface area contributed by atoms with Crippen LogP contribution in [0.5, 0.6) is 5.75 Å². The predicted molar refractivity (Wildman–Crippen MR) is 81.4 cm³/mol. The number of aldehydes is 1. The van der Waals surface area contributed by atoms with Crippen LogP contribution in [-0.4, -0.2) is 13.4 Å². The van der Waals surface area contributed by atoms with E-state index in [-0.39, 0.29) is 11.7 Å². The number of aryl methyl sites for hydroxylation is 2. The molecule has 0 N–H and O–H groups in total. The molecule has 2 rings (SSSR count). The summed E-state index contributed by atoms with van der Waals surface area (Å²) < 4.78 is 19.1. The fraction of sp³-hybridized carbons (Fsp3) is 0.278. The van der Waals surface area contributed by atoms with Gasteiger partial charge in [0.1, 0.15) is 17.9 Å². The third kappa shape index (κ3) is 3.48. The van der Waals surface area contributed by atoms with Crippen LogP contribution in [0.25, 0.3) is 0 Å². The van der Waals surface area contributed by atoms with Crippen molar-refractivity contribution in [2.45, 2.75) is 26.2 Å². The van der Waals surface area contributed by atoms with E-state index in [2.05, 4.69) is 0 Å². The number of halogens is 1. The molecule has 1 atom stereocenters. The van der Waals surface area contributed by atoms with Crippen molar-refractivity contribution in [2.24, 2.45) is 0 Å². The number of methoxy groups -OCH3 is 1. The van der Waals surface area contributed by atoms with Crippen molar-refractivity contribution in [1.29, 1.82) is 0 Å². The van der Waals surface area contributed by atoms with Gasteiger partial charge in [-0.3, -0.25) is 0 Å². The molecule has 0 saturated heterocycles. The molecule has 110 valence electrons. The van der Waals surface area contributed by atoms with Crippen molar-refractivity contribution in [2.75, 3.05) is 7.11 Å². The highest BCUT2D eigenvalue weighted by Crippen LogP contribution is 2.26. The molecule has 21 heavy (non-hydrogen) atoms. The number of hydrogen-bond donors (Lipinski definition) is 0. The molecule has 2 aromatic carbocycles. The van der Waals surface area contributed by atoms with Gasteiger partial charge in [0.25, 0.3) is 0 Å². The van der Waals surface area contributed by atoms with Gasteiger partial charge in [-0.25, -0.2) is 4.39 Å². The largest absolute Gasteiger partial charge is 0.497 e. The van der Waals surface area contributed by atoms with Gasteiger partial charge in [-0.2, -0.15) is 0 Å². The lowest BCUT2D eigenvalue weighted by Gasteiger charge is -2.15. The summed E-state index contributed by atoms with van der Waals surface area (Å²) in [7, 11) is 1.60. The van der Waals surface area contributed by atoms with E-state index in [1.807, 2.05) is 38.1 Å². The number of carbonyl (C=O) groups excluding carboxylic acids is 1. The first-order chi connectivity index (χ1) is 10.0. The van der Waals surface area contributed by atoms with Crippen molar-refractivity contribution < 1.29 is 13.9 Å². The van der Waals surface area contributed by atoms with Crippen molar-refractivity contribution in [3.63, 3.8) is 0 Å². The summed E-state index contributed by atoms with van der Waals surface area (Å²) in [4.78, 5) is 11.4. The van der Waals surface area contributed by atoms with Crippen molar-refractivity contribution in [3.05, 3.63) is 64.5 Å². The normalized spacial score (nSPS) is 12.0. The molecule has 0 saturated carbocycles. The average molecular weight is 286 g/mol. The zero-order chi connectivity index (χ0) is 15.4. The number of carbonyl (C=O) groups is 1. The van der Waals surface area contributed by atoms with Gasteiger partial charge in [0.05, 0.1) is 7.11 Å². The van der Waals surface area contributed by atoms with Crippen molar-refractivity contribution >= 4 is 6.29 Å². The molecule has 0 aliphatic rings. The second kappa shape index (κ2) is 6.53. The second-order valence-corrected chi connectivity index (χ2v) is 5.26. The van der Waals surface area contributed by atoms with Crippen LogP contribution in [0.4, 0.5) is 4.39 Å². The van der Waals surface area contributed by atoms with Gasteiger partial charge in [-0.15, -0.1) is 0 Å². The van der Waals surface area contributed by atoms with Gasteiger partial charge >= 0.3 is 0 Å². The second-order valence-electron chi connectivity index (χ2n) is 5.26. The molecule has 0 aliphatic heterocycles. The summed E-state index contributed by atoms with van der Waals surface area (Å²) in [6.45, 7) is 3.78. The molecule has 3 heteroatoms. The highest BCUT2D eigenvalue weighted by atomic mass is 19.1. The number of ether oxygens (including phenoxy) is 1. The Morgan fingerprint density at radius 3 is 2.52 bits per heavy atom. The zero-order valence-electron chi connectivity index (χ0n) is 12.5. The summed E-state index contributed by atoms with van der Waals surface area (Å²) in [5, 5.41) is 0. The van der Waals surface area contributed by atoms with Crippen molar-refractivity contribution in [1.82, 2.24) is 0 Å². The molecule has 0 fully saturated rings. The maximum absolute atomic E-state index is 13.9. The summed E-state index contributed by atoms with van der Waals surface area (Å²) in [6.07, 6.45) is 1.25. The van der Waals surface area contributed by atoms with Crippen LogP contribution in [0.15, 0.2) is 36.4 Å². The molecule has 2 aromatic rings. The summed E-state index contributed by atoms with van der Waals surface area (Å²) in [5.41, 5.74) is 3.32. The van der Waals surface area contributed by atoms with E-state index in [0.29, 0.717) is 12.0 Å². The Hall–Kier alpha value is -2.16. The quantitative estimate of drug-likeness (QED) is 0.777. The highest BCUT2D eigenvalue weighted by molar-refractivity contribution is 5.64. The Kier molecular flexibility index (Phi) is 4.73. The van der Waals surface area contributed by atoms with Crippen LogP contribution in [0.1, 0.15) is 28.2 Å². The Balaban J connectivity index is 2.29. The van der Waals surface area contributed by atoms with Crippen molar-refractivity contribution in [3.8, 4) is 5.75 Å². The van der Waals surface area contributed by atoms with Gasteiger partial charge in [0.2, 0.25) is 0 Å². The summed E-state index contributed by atoms with van der Waals surface area (Å²) in [5.74, 6) is 0.142. The van der Waals surface area contributed by atoms with E-state index >= 15 is 0 Å². The van der Waals surface area contributed by atoms with E-state index in [4.69, 9.17) is 4.74 Å². The molecule has 0 spiro atoms. The molecular weight excluding hydrogens is 267 g/mol. The van der Waals surface area contributed by atoms with Gasteiger partial charge in [-0.1, -0.05) is 18.2 Å². The molecule has 0 amide bonds. The van der Waals surface area contributed by atoms with Gasteiger partial charge in [-0.05, 0) is 60.7 Å². The topological polar surface area (TPSA) is 26.3 Å². The minimum absolute atomic E-state index is 0.256. The SMILES string of the molecule is COc1ccc(C(C=O)Cc2ccc(C)cc2F)c(C)c1. The van der Waals surface area contributed by atoms with Crippen LogP contribution in [0.3, 0.4) is 0 Å². The maximum Gasteiger partial charge on any atom is 0.127 e.